The first-order valence-corrected chi connectivity index (χ1v) is 6.89. The molecule has 0 unspecified atom stereocenters. The van der Waals surface area contributed by atoms with Crippen molar-refractivity contribution < 1.29 is 14.3 Å². The zero-order valence-corrected chi connectivity index (χ0v) is 11.7. The number of benzene rings is 1. The van der Waals surface area contributed by atoms with Crippen LogP contribution in [0, 0.1) is 6.92 Å². The summed E-state index contributed by atoms with van der Waals surface area (Å²) in [6.45, 7) is 3.98. The lowest BCUT2D eigenvalue weighted by Crippen LogP contribution is -2.34. The zero-order valence-electron chi connectivity index (χ0n) is 11.7. The van der Waals surface area contributed by atoms with Gasteiger partial charge in [0.2, 0.25) is 11.8 Å². The fraction of sp³-hybridized carbons (Fsp3) is 0.467. The fourth-order valence-corrected chi connectivity index (χ4v) is 2.07. The van der Waals surface area contributed by atoms with E-state index in [4.69, 9.17) is 4.74 Å². The lowest BCUT2D eigenvalue weighted by atomic mass is 10.2. The summed E-state index contributed by atoms with van der Waals surface area (Å²) in [7, 11) is 0. The average Bonchev–Trinajstić information content (AvgIpc) is 2.66. The van der Waals surface area contributed by atoms with Crippen LogP contribution in [0.25, 0.3) is 0 Å². The molecule has 0 bridgehead atoms. The number of carbonyl (C=O) groups is 2. The van der Waals surface area contributed by atoms with Crippen LogP contribution >= 0.6 is 0 Å². The highest BCUT2D eigenvalue weighted by Crippen LogP contribution is 2.11. The van der Waals surface area contributed by atoms with Gasteiger partial charge in [0.25, 0.3) is 0 Å². The molecule has 1 aromatic rings. The molecule has 2 amide bonds. The molecule has 0 saturated carbocycles. The van der Waals surface area contributed by atoms with Gasteiger partial charge in [0.15, 0.2) is 0 Å². The first-order valence-electron chi connectivity index (χ1n) is 6.89. The Labute approximate surface area is 118 Å². The predicted octanol–water partition coefficient (Wildman–Crippen LogP) is 1.11. The maximum Gasteiger partial charge on any atom is 0.226 e. The van der Waals surface area contributed by atoms with Crippen LogP contribution in [0.2, 0.25) is 0 Å². The first kappa shape index (κ1) is 14.4. The van der Waals surface area contributed by atoms with Crippen LogP contribution in [0.3, 0.4) is 0 Å². The third-order valence-corrected chi connectivity index (χ3v) is 3.27. The highest BCUT2D eigenvalue weighted by atomic mass is 16.5. The summed E-state index contributed by atoms with van der Waals surface area (Å²) in [6, 6.07) is 7.75. The molecule has 1 saturated heterocycles. The minimum Gasteiger partial charge on any atom is -0.493 e. The summed E-state index contributed by atoms with van der Waals surface area (Å²) in [5.41, 5.74) is 1.18. The summed E-state index contributed by atoms with van der Waals surface area (Å²) >= 11 is 0. The van der Waals surface area contributed by atoms with Crippen molar-refractivity contribution in [2.75, 3.05) is 26.2 Å². The van der Waals surface area contributed by atoms with Gasteiger partial charge in [-0.15, -0.1) is 0 Å². The second kappa shape index (κ2) is 6.93. The number of amides is 2. The molecule has 1 N–H and O–H groups in total. The van der Waals surface area contributed by atoms with E-state index in [-0.39, 0.29) is 11.8 Å². The Morgan fingerprint density at radius 1 is 1.30 bits per heavy atom. The third kappa shape index (κ3) is 4.26. The van der Waals surface area contributed by atoms with E-state index in [2.05, 4.69) is 5.32 Å². The van der Waals surface area contributed by atoms with E-state index in [1.165, 1.54) is 5.56 Å². The lowest BCUT2D eigenvalue weighted by molar-refractivity contribution is -0.131. The number of rotatable bonds is 4. The summed E-state index contributed by atoms with van der Waals surface area (Å²) < 4.78 is 5.54. The van der Waals surface area contributed by atoms with E-state index in [0.717, 1.165) is 5.75 Å². The molecular weight excluding hydrogens is 256 g/mol. The molecule has 5 heteroatoms. The van der Waals surface area contributed by atoms with Gasteiger partial charge in [-0.3, -0.25) is 9.59 Å². The number of hydrogen-bond donors (Lipinski definition) is 1. The van der Waals surface area contributed by atoms with Crippen molar-refractivity contribution in [1.82, 2.24) is 10.2 Å². The molecular formula is C15H20N2O3. The predicted molar refractivity (Wildman–Crippen MR) is 75.5 cm³/mol. The summed E-state index contributed by atoms with van der Waals surface area (Å²) in [5.74, 6) is 0.820. The number of nitrogens with zero attached hydrogens (tertiary/aromatic N) is 1. The quantitative estimate of drug-likeness (QED) is 0.896. The molecule has 2 rings (SSSR count). The second-order valence-electron chi connectivity index (χ2n) is 4.89. The molecule has 0 atom stereocenters. The molecule has 0 aliphatic carbocycles. The maximum absolute atomic E-state index is 12.0. The van der Waals surface area contributed by atoms with Gasteiger partial charge in [0.05, 0.1) is 13.0 Å². The summed E-state index contributed by atoms with van der Waals surface area (Å²) in [5, 5.41) is 2.75. The average molecular weight is 276 g/mol. The van der Waals surface area contributed by atoms with E-state index in [1.807, 2.05) is 31.2 Å². The number of hydrogen-bond acceptors (Lipinski definition) is 3. The number of carbonyl (C=O) groups excluding carboxylic acids is 2. The van der Waals surface area contributed by atoms with Crippen LogP contribution in [0.4, 0.5) is 0 Å². The van der Waals surface area contributed by atoms with Crippen LogP contribution in [-0.2, 0) is 9.59 Å². The SMILES string of the molecule is Cc1ccc(OCCC(=O)N2CCNC(=O)CC2)cc1. The van der Waals surface area contributed by atoms with Crippen LogP contribution < -0.4 is 10.1 Å². The molecule has 1 fully saturated rings. The Hall–Kier alpha value is -2.04. The topological polar surface area (TPSA) is 58.6 Å². The Morgan fingerprint density at radius 3 is 2.80 bits per heavy atom. The van der Waals surface area contributed by atoms with Gasteiger partial charge in [-0.1, -0.05) is 17.7 Å². The van der Waals surface area contributed by atoms with Gasteiger partial charge in [-0.25, -0.2) is 0 Å². The smallest absolute Gasteiger partial charge is 0.226 e. The number of ether oxygens (including phenoxy) is 1. The van der Waals surface area contributed by atoms with Crippen molar-refractivity contribution in [3.8, 4) is 5.75 Å². The van der Waals surface area contributed by atoms with Gasteiger partial charge >= 0.3 is 0 Å². The largest absolute Gasteiger partial charge is 0.493 e. The molecule has 0 aromatic heterocycles. The monoisotopic (exact) mass is 276 g/mol. The standard InChI is InChI=1S/C15H20N2O3/c1-12-2-4-13(5-3-12)20-11-7-15(19)17-9-6-14(18)16-8-10-17/h2-5H,6-11H2,1H3,(H,16,18). The highest BCUT2D eigenvalue weighted by molar-refractivity contribution is 5.80. The summed E-state index contributed by atoms with van der Waals surface area (Å²) in [6.07, 6.45) is 0.715. The van der Waals surface area contributed by atoms with Crippen molar-refractivity contribution in [2.24, 2.45) is 0 Å². The first-order chi connectivity index (χ1) is 9.65. The molecule has 5 nitrogen and oxygen atoms in total. The van der Waals surface area contributed by atoms with Gasteiger partial charge in [0.1, 0.15) is 5.75 Å². The summed E-state index contributed by atoms with van der Waals surface area (Å²) in [4.78, 5) is 24.9. The van der Waals surface area contributed by atoms with Gasteiger partial charge < -0.3 is 15.0 Å². The van der Waals surface area contributed by atoms with Crippen molar-refractivity contribution in [3.05, 3.63) is 29.8 Å². The minimum absolute atomic E-state index is 0.0104. The van der Waals surface area contributed by atoms with E-state index >= 15 is 0 Å². The molecule has 1 aromatic carbocycles. The molecule has 0 spiro atoms. The molecule has 1 aliphatic rings. The third-order valence-electron chi connectivity index (χ3n) is 3.27. The molecule has 1 aliphatic heterocycles. The van der Waals surface area contributed by atoms with Crippen molar-refractivity contribution >= 4 is 11.8 Å². The van der Waals surface area contributed by atoms with Gasteiger partial charge in [-0.05, 0) is 19.1 Å². The van der Waals surface area contributed by atoms with E-state index in [0.29, 0.717) is 39.1 Å². The number of nitrogens with one attached hydrogen (secondary N) is 1. The Balaban J connectivity index is 1.74. The minimum atomic E-state index is 0.0104. The normalized spacial score (nSPS) is 15.4. The molecule has 0 radical (unpaired) electrons. The molecule has 108 valence electrons. The van der Waals surface area contributed by atoms with Crippen LogP contribution in [0.15, 0.2) is 24.3 Å². The van der Waals surface area contributed by atoms with E-state index in [9.17, 15) is 9.59 Å². The molecule has 20 heavy (non-hydrogen) atoms. The van der Waals surface area contributed by atoms with Gasteiger partial charge in [0, 0.05) is 26.1 Å². The Kier molecular flexibility index (Phi) is 4.98. The lowest BCUT2D eigenvalue weighted by Gasteiger charge is -2.19. The van der Waals surface area contributed by atoms with Crippen molar-refractivity contribution in [1.29, 1.82) is 0 Å². The Bertz CT molecular complexity index is 471. The number of aryl methyl sites for hydroxylation is 1. The fourth-order valence-electron chi connectivity index (χ4n) is 2.07. The van der Waals surface area contributed by atoms with Gasteiger partial charge in [-0.2, -0.15) is 0 Å². The van der Waals surface area contributed by atoms with Crippen molar-refractivity contribution in [3.63, 3.8) is 0 Å². The maximum atomic E-state index is 12.0. The van der Waals surface area contributed by atoms with E-state index in [1.54, 1.807) is 4.90 Å². The zero-order chi connectivity index (χ0) is 14.4. The van der Waals surface area contributed by atoms with Crippen molar-refractivity contribution in [2.45, 2.75) is 19.8 Å². The van der Waals surface area contributed by atoms with Crippen LogP contribution in [0.5, 0.6) is 5.75 Å². The molecule has 1 heterocycles. The van der Waals surface area contributed by atoms with Crippen LogP contribution in [-0.4, -0.2) is 43.0 Å². The Morgan fingerprint density at radius 2 is 2.05 bits per heavy atom. The highest BCUT2D eigenvalue weighted by Gasteiger charge is 2.17. The van der Waals surface area contributed by atoms with Crippen LogP contribution in [0.1, 0.15) is 18.4 Å². The van der Waals surface area contributed by atoms with E-state index < -0.39 is 0 Å². The second-order valence-corrected chi connectivity index (χ2v) is 4.89.